The fraction of sp³-hybridized carbons (Fsp3) is 0.235. The summed E-state index contributed by atoms with van der Waals surface area (Å²) >= 11 is 0. The molecule has 110 valence electrons. The minimum Gasteiger partial charge on any atom is -0.394 e. The van der Waals surface area contributed by atoms with Crippen molar-refractivity contribution in [2.45, 2.75) is 19.4 Å². The van der Waals surface area contributed by atoms with Crippen LogP contribution in [0.1, 0.15) is 11.1 Å². The van der Waals surface area contributed by atoms with Crippen molar-refractivity contribution in [1.82, 2.24) is 5.32 Å². The number of aliphatic hydroxyl groups excluding tert-OH is 1. The predicted molar refractivity (Wildman–Crippen MR) is 84.4 cm³/mol. The number of carbonyl (C=O) groups is 1. The lowest BCUT2D eigenvalue weighted by atomic mass is 10.1. The summed E-state index contributed by atoms with van der Waals surface area (Å²) in [5.74, 6) is 0. The first-order valence-electron chi connectivity index (χ1n) is 6.96. The molecular weight excluding hydrogens is 264 g/mol. The molecule has 0 saturated heterocycles. The molecule has 21 heavy (non-hydrogen) atoms. The minimum absolute atomic E-state index is 0.101. The van der Waals surface area contributed by atoms with Gasteiger partial charge in [0.15, 0.2) is 0 Å². The Bertz CT molecular complexity index is 567. The second-order valence-corrected chi connectivity index (χ2v) is 5.03. The Labute approximate surface area is 124 Å². The number of hydrogen-bond acceptors (Lipinski definition) is 2. The number of anilines is 1. The average molecular weight is 284 g/mol. The number of urea groups is 1. The zero-order chi connectivity index (χ0) is 15.1. The molecule has 0 heterocycles. The van der Waals surface area contributed by atoms with Crippen LogP contribution >= 0.6 is 0 Å². The molecule has 1 atom stereocenters. The highest BCUT2D eigenvalue weighted by molar-refractivity contribution is 5.89. The number of rotatable bonds is 5. The van der Waals surface area contributed by atoms with E-state index in [-0.39, 0.29) is 18.7 Å². The van der Waals surface area contributed by atoms with Crippen LogP contribution in [0.15, 0.2) is 54.6 Å². The SMILES string of the molecule is Cc1ccc(NC(=O)N[C@H](CO)Cc2ccccc2)cc1. The highest BCUT2D eigenvalue weighted by atomic mass is 16.3. The number of aliphatic hydroxyl groups is 1. The Morgan fingerprint density at radius 1 is 1.10 bits per heavy atom. The highest BCUT2D eigenvalue weighted by Gasteiger charge is 2.12. The Balaban J connectivity index is 1.89. The van der Waals surface area contributed by atoms with Crippen LogP contribution in [0.5, 0.6) is 0 Å². The summed E-state index contributed by atoms with van der Waals surface area (Å²) in [5.41, 5.74) is 2.94. The van der Waals surface area contributed by atoms with Crippen LogP contribution in [0.2, 0.25) is 0 Å². The summed E-state index contributed by atoms with van der Waals surface area (Å²) in [6.45, 7) is 1.89. The van der Waals surface area contributed by atoms with E-state index in [0.29, 0.717) is 6.42 Å². The number of amides is 2. The van der Waals surface area contributed by atoms with Gasteiger partial charge in [0.2, 0.25) is 0 Å². The standard InChI is InChI=1S/C17H20N2O2/c1-13-7-9-15(10-8-13)18-17(21)19-16(12-20)11-14-5-3-2-4-6-14/h2-10,16,20H,11-12H2,1H3,(H2,18,19,21)/t16-/m0/s1. The van der Waals surface area contributed by atoms with Gasteiger partial charge >= 0.3 is 6.03 Å². The molecule has 4 heteroatoms. The van der Waals surface area contributed by atoms with Crippen molar-refractivity contribution < 1.29 is 9.90 Å². The Kier molecular flexibility index (Phi) is 5.35. The molecule has 0 unspecified atom stereocenters. The highest BCUT2D eigenvalue weighted by Crippen LogP contribution is 2.08. The molecule has 2 amide bonds. The van der Waals surface area contributed by atoms with E-state index in [4.69, 9.17) is 0 Å². The van der Waals surface area contributed by atoms with Crippen LogP contribution in [-0.4, -0.2) is 23.8 Å². The topological polar surface area (TPSA) is 61.4 Å². The van der Waals surface area contributed by atoms with E-state index in [2.05, 4.69) is 10.6 Å². The lowest BCUT2D eigenvalue weighted by molar-refractivity contribution is 0.224. The largest absolute Gasteiger partial charge is 0.394 e. The van der Waals surface area contributed by atoms with Crippen molar-refractivity contribution >= 4 is 11.7 Å². The quantitative estimate of drug-likeness (QED) is 0.790. The first-order chi connectivity index (χ1) is 10.2. The van der Waals surface area contributed by atoms with Crippen LogP contribution < -0.4 is 10.6 Å². The second kappa shape index (κ2) is 7.45. The summed E-state index contributed by atoms with van der Waals surface area (Å²) in [4.78, 5) is 11.9. The van der Waals surface area contributed by atoms with Gasteiger partial charge in [0.05, 0.1) is 12.6 Å². The molecule has 0 aliphatic heterocycles. The zero-order valence-electron chi connectivity index (χ0n) is 12.0. The molecule has 0 spiro atoms. The molecule has 0 radical (unpaired) electrons. The summed E-state index contributed by atoms with van der Waals surface area (Å²) < 4.78 is 0. The van der Waals surface area contributed by atoms with Gasteiger partial charge in [0.1, 0.15) is 0 Å². The second-order valence-electron chi connectivity index (χ2n) is 5.03. The molecule has 0 aromatic heterocycles. The maximum Gasteiger partial charge on any atom is 0.319 e. The van der Waals surface area contributed by atoms with Crippen LogP contribution in [0.3, 0.4) is 0 Å². The van der Waals surface area contributed by atoms with Crippen LogP contribution in [0.25, 0.3) is 0 Å². The molecular formula is C17H20N2O2. The summed E-state index contributed by atoms with van der Waals surface area (Å²) in [6, 6.07) is 16.7. The molecule has 0 bridgehead atoms. The van der Waals surface area contributed by atoms with Crippen molar-refractivity contribution in [2.75, 3.05) is 11.9 Å². The number of aryl methyl sites for hydroxylation is 1. The van der Waals surface area contributed by atoms with E-state index in [1.807, 2.05) is 61.5 Å². The van der Waals surface area contributed by atoms with Gasteiger partial charge in [-0.15, -0.1) is 0 Å². The van der Waals surface area contributed by atoms with E-state index < -0.39 is 0 Å². The third-order valence-electron chi connectivity index (χ3n) is 3.19. The molecule has 0 aliphatic rings. The fourth-order valence-corrected chi connectivity index (χ4v) is 2.05. The third kappa shape index (κ3) is 4.93. The molecule has 0 fully saturated rings. The monoisotopic (exact) mass is 284 g/mol. The molecule has 0 aliphatic carbocycles. The van der Waals surface area contributed by atoms with E-state index in [9.17, 15) is 9.90 Å². The molecule has 2 aromatic rings. The Hall–Kier alpha value is -2.33. The Morgan fingerprint density at radius 2 is 1.76 bits per heavy atom. The maximum atomic E-state index is 11.9. The number of hydrogen-bond donors (Lipinski definition) is 3. The van der Waals surface area contributed by atoms with Gasteiger partial charge in [0.25, 0.3) is 0 Å². The van der Waals surface area contributed by atoms with Crippen LogP contribution in [0.4, 0.5) is 10.5 Å². The predicted octanol–water partition coefficient (Wildman–Crippen LogP) is 2.72. The van der Waals surface area contributed by atoms with Crippen molar-refractivity contribution in [3.63, 3.8) is 0 Å². The number of nitrogens with one attached hydrogen (secondary N) is 2. The summed E-state index contributed by atoms with van der Waals surface area (Å²) in [7, 11) is 0. The fourth-order valence-electron chi connectivity index (χ4n) is 2.05. The minimum atomic E-state index is -0.311. The average Bonchev–Trinajstić information content (AvgIpc) is 2.50. The zero-order valence-corrected chi connectivity index (χ0v) is 12.0. The van der Waals surface area contributed by atoms with Gasteiger partial charge < -0.3 is 15.7 Å². The lowest BCUT2D eigenvalue weighted by Crippen LogP contribution is -2.41. The normalized spacial score (nSPS) is 11.7. The van der Waals surface area contributed by atoms with Gasteiger partial charge in [0, 0.05) is 5.69 Å². The first-order valence-corrected chi connectivity index (χ1v) is 6.96. The Morgan fingerprint density at radius 3 is 2.38 bits per heavy atom. The smallest absolute Gasteiger partial charge is 0.319 e. The maximum absolute atomic E-state index is 11.9. The van der Waals surface area contributed by atoms with E-state index in [1.54, 1.807) is 0 Å². The molecule has 0 saturated carbocycles. The van der Waals surface area contributed by atoms with Gasteiger partial charge in [-0.25, -0.2) is 4.79 Å². The van der Waals surface area contributed by atoms with Gasteiger partial charge in [-0.05, 0) is 31.0 Å². The molecule has 2 aromatic carbocycles. The van der Waals surface area contributed by atoms with Crippen LogP contribution in [-0.2, 0) is 6.42 Å². The van der Waals surface area contributed by atoms with Crippen molar-refractivity contribution in [3.8, 4) is 0 Å². The van der Waals surface area contributed by atoms with Crippen molar-refractivity contribution in [1.29, 1.82) is 0 Å². The van der Waals surface area contributed by atoms with Gasteiger partial charge in [-0.1, -0.05) is 48.0 Å². The van der Waals surface area contributed by atoms with E-state index >= 15 is 0 Å². The number of carbonyl (C=O) groups excluding carboxylic acids is 1. The summed E-state index contributed by atoms with van der Waals surface area (Å²) in [6.07, 6.45) is 0.596. The van der Waals surface area contributed by atoms with Gasteiger partial charge in [-0.3, -0.25) is 0 Å². The van der Waals surface area contributed by atoms with Crippen LogP contribution in [0, 0.1) is 6.92 Å². The lowest BCUT2D eigenvalue weighted by Gasteiger charge is -2.17. The van der Waals surface area contributed by atoms with Gasteiger partial charge in [-0.2, -0.15) is 0 Å². The van der Waals surface area contributed by atoms with E-state index in [0.717, 1.165) is 16.8 Å². The molecule has 4 nitrogen and oxygen atoms in total. The molecule has 2 rings (SSSR count). The summed E-state index contributed by atoms with van der Waals surface area (Å²) in [5, 5.41) is 14.9. The molecule has 3 N–H and O–H groups in total. The third-order valence-corrected chi connectivity index (χ3v) is 3.19. The number of benzene rings is 2. The van der Waals surface area contributed by atoms with E-state index in [1.165, 1.54) is 0 Å². The first kappa shape index (κ1) is 15.1. The van der Waals surface area contributed by atoms with Crippen molar-refractivity contribution in [2.24, 2.45) is 0 Å². The van der Waals surface area contributed by atoms with Crippen molar-refractivity contribution in [3.05, 3.63) is 65.7 Å².